The Morgan fingerprint density at radius 2 is 2.15 bits per heavy atom. The first kappa shape index (κ1) is 9.01. The molecule has 72 valence electrons. The molecule has 1 aliphatic heterocycles. The molecule has 1 aliphatic carbocycles. The van der Waals surface area contributed by atoms with E-state index in [0.29, 0.717) is 23.9 Å². The molecule has 0 spiro atoms. The molecule has 1 saturated heterocycles. The van der Waals surface area contributed by atoms with Gasteiger partial charge in [0.15, 0.2) is 0 Å². The largest absolute Gasteiger partial charge is 0.378 e. The highest BCUT2D eigenvalue weighted by molar-refractivity contribution is 5.23. The lowest BCUT2D eigenvalue weighted by molar-refractivity contribution is -0.0539. The zero-order chi connectivity index (χ0) is 9.42. The molecule has 2 unspecified atom stereocenters. The average Bonchev–Trinajstić information content (AvgIpc) is 2.12. The molecular formula is C12H18O. The van der Waals surface area contributed by atoms with Crippen molar-refractivity contribution >= 4 is 0 Å². The van der Waals surface area contributed by atoms with Crippen LogP contribution in [-0.4, -0.2) is 12.7 Å². The Hall–Kier alpha value is -0.560. The van der Waals surface area contributed by atoms with E-state index in [1.54, 1.807) is 0 Å². The standard InChI is InChI=1S/C12H18O/c1-8-5-4-6-11-9(2)10(3)13-7-12(8)11/h4-6,9-12H,7H2,1-3H3/t9-,10+,11?,12?/m1/s1. The van der Waals surface area contributed by atoms with Crippen molar-refractivity contribution in [3.05, 3.63) is 23.8 Å². The Morgan fingerprint density at radius 1 is 1.38 bits per heavy atom. The van der Waals surface area contributed by atoms with Gasteiger partial charge in [-0.05, 0) is 25.7 Å². The van der Waals surface area contributed by atoms with Crippen molar-refractivity contribution in [3.8, 4) is 0 Å². The van der Waals surface area contributed by atoms with E-state index >= 15 is 0 Å². The summed E-state index contributed by atoms with van der Waals surface area (Å²) in [6.45, 7) is 7.60. The van der Waals surface area contributed by atoms with E-state index in [9.17, 15) is 0 Å². The SMILES string of the molecule is CC1=CC=CC2C1CO[C@@H](C)[C@H]2C. The van der Waals surface area contributed by atoms with Crippen molar-refractivity contribution in [2.24, 2.45) is 17.8 Å². The number of hydrogen-bond donors (Lipinski definition) is 0. The minimum absolute atomic E-state index is 0.414. The number of rotatable bonds is 0. The normalized spacial score (nSPS) is 44.1. The van der Waals surface area contributed by atoms with E-state index in [2.05, 4.69) is 39.0 Å². The maximum atomic E-state index is 5.76. The molecule has 0 aromatic rings. The van der Waals surface area contributed by atoms with Crippen LogP contribution in [-0.2, 0) is 4.74 Å². The van der Waals surface area contributed by atoms with Gasteiger partial charge < -0.3 is 4.74 Å². The van der Waals surface area contributed by atoms with Gasteiger partial charge in [0.05, 0.1) is 12.7 Å². The summed E-state index contributed by atoms with van der Waals surface area (Å²) < 4.78 is 5.76. The highest BCUT2D eigenvalue weighted by Gasteiger charge is 2.35. The van der Waals surface area contributed by atoms with Gasteiger partial charge in [0.2, 0.25) is 0 Å². The highest BCUT2D eigenvalue weighted by Crippen LogP contribution is 2.38. The van der Waals surface area contributed by atoms with E-state index in [1.807, 2.05) is 0 Å². The molecule has 0 saturated carbocycles. The van der Waals surface area contributed by atoms with Crippen molar-refractivity contribution in [1.29, 1.82) is 0 Å². The van der Waals surface area contributed by atoms with Gasteiger partial charge in [0, 0.05) is 5.92 Å². The van der Waals surface area contributed by atoms with Gasteiger partial charge in [-0.1, -0.05) is 30.7 Å². The summed E-state index contributed by atoms with van der Waals surface area (Å²) >= 11 is 0. The molecule has 2 rings (SSSR count). The first-order valence-corrected chi connectivity index (χ1v) is 5.16. The second kappa shape index (κ2) is 3.30. The van der Waals surface area contributed by atoms with Crippen LogP contribution < -0.4 is 0 Å². The zero-order valence-corrected chi connectivity index (χ0v) is 8.66. The lowest BCUT2D eigenvalue weighted by Crippen LogP contribution is -2.39. The molecule has 0 amide bonds. The lowest BCUT2D eigenvalue weighted by Gasteiger charge is -2.40. The maximum Gasteiger partial charge on any atom is 0.0578 e. The van der Waals surface area contributed by atoms with E-state index in [1.165, 1.54) is 5.57 Å². The van der Waals surface area contributed by atoms with Crippen LogP contribution in [0.15, 0.2) is 23.8 Å². The third-order valence-corrected chi connectivity index (χ3v) is 3.63. The second-order valence-corrected chi connectivity index (χ2v) is 4.38. The fourth-order valence-corrected chi connectivity index (χ4v) is 2.40. The topological polar surface area (TPSA) is 9.23 Å². The third-order valence-electron chi connectivity index (χ3n) is 3.63. The number of hydrogen-bond acceptors (Lipinski definition) is 1. The smallest absolute Gasteiger partial charge is 0.0578 e. The summed E-state index contributed by atoms with van der Waals surface area (Å²) in [6, 6.07) is 0. The van der Waals surface area contributed by atoms with Crippen LogP contribution in [0.4, 0.5) is 0 Å². The number of fused-ring (bicyclic) bond motifs is 1. The van der Waals surface area contributed by atoms with Crippen LogP contribution in [0.1, 0.15) is 20.8 Å². The predicted octanol–water partition coefficient (Wildman–Crippen LogP) is 2.79. The van der Waals surface area contributed by atoms with E-state index in [-0.39, 0.29) is 0 Å². The van der Waals surface area contributed by atoms with Crippen LogP contribution in [0.2, 0.25) is 0 Å². The van der Waals surface area contributed by atoms with Gasteiger partial charge >= 0.3 is 0 Å². The molecule has 2 aliphatic rings. The summed E-state index contributed by atoms with van der Waals surface area (Å²) in [5, 5.41) is 0. The molecule has 4 atom stereocenters. The Balaban J connectivity index is 2.21. The van der Waals surface area contributed by atoms with Crippen LogP contribution in [0.5, 0.6) is 0 Å². The van der Waals surface area contributed by atoms with Crippen molar-refractivity contribution < 1.29 is 4.74 Å². The Labute approximate surface area is 80.5 Å². The molecule has 13 heavy (non-hydrogen) atoms. The van der Waals surface area contributed by atoms with E-state index < -0.39 is 0 Å². The average molecular weight is 178 g/mol. The molecule has 1 nitrogen and oxygen atoms in total. The van der Waals surface area contributed by atoms with Gasteiger partial charge in [-0.3, -0.25) is 0 Å². The highest BCUT2D eigenvalue weighted by atomic mass is 16.5. The number of allylic oxidation sites excluding steroid dienone is 3. The molecule has 0 aromatic heterocycles. The van der Waals surface area contributed by atoms with Crippen molar-refractivity contribution in [3.63, 3.8) is 0 Å². The quantitative estimate of drug-likeness (QED) is 0.554. The van der Waals surface area contributed by atoms with Crippen molar-refractivity contribution in [2.45, 2.75) is 26.9 Å². The predicted molar refractivity (Wildman–Crippen MR) is 54.5 cm³/mol. The number of ether oxygens (including phenoxy) is 1. The molecule has 0 bridgehead atoms. The Kier molecular flexibility index (Phi) is 2.29. The molecule has 1 fully saturated rings. The molecule has 0 aromatic carbocycles. The first-order valence-electron chi connectivity index (χ1n) is 5.16. The second-order valence-electron chi connectivity index (χ2n) is 4.38. The third kappa shape index (κ3) is 1.46. The zero-order valence-electron chi connectivity index (χ0n) is 8.66. The molecular weight excluding hydrogens is 160 g/mol. The maximum absolute atomic E-state index is 5.76. The molecule has 0 radical (unpaired) electrons. The monoisotopic (exact) mass is 178 g/mol. The van der Waals surface area contributed by atoms with Crippen LogP contribution in [0, 0.1) is 17.8 Å². The summed E-state index contributed by atoms with van der Waals surface area (Å²) in [7, 11) is 0. The van der Waals surface area contributed by atoms with E-state index in [0.717, 1.165) is 6.61 Å². The van der Waals surface area contributed by atoms with Gasteiger partial charge in [-0.15, -0.1) is 0 Å². The van der Waals surface area contributed by atoms with Crippen LogP contribution >= 0.6 is 0 Å². The molecule has 1 heterocycles. The Bertz CT molecular complexity index is 252. The van der Waals surface area contributed by atoms with Gasteiger partial charge in [-0.2, -0.15) is 0 Å². The van der Waals surface area contributed by atoms with Crippen LogP contribution in [0.3, 0.4) is 0 Å². The van der Waals surface area contributed by atoms with Crippen molar-refractivity contribution in [1.82, 2.24) is 0 Å². The van der Waals surface area contributed by atoms with Crippen LogP contribution in [0.25, 0.3) is 0 Å². The first-order chi connectivity index (χ1) is 6.20. The minimum Gasteiger partial charge on any atom is -0.378 e. The summed E-state index contributed by atoms with van der Waals surface area (Å²) in [5.74, 6) is 1.99. The Morgan fingerprint density at radius 3 is 2.92 bits per heavy atom. The van der Waals surface area contributed by atoms with E-state index in [4.69, 9.17) is 4.74 Å². The molecule has 1 heteroatoms. The van der Waals surface area contributed by atoms with Gasteiger partial charge in [0.1, 0.15) is 0 Å². The van der Waals surface area contributed by atoms with Crippen molar-refractivity contribution in [2.75, 3.05) is 6.61 Å². The minimum atomic E-state index is 0.414. The summed E-state index contributed by atoms with van der Waals surface area (Å²) in [4.78, 5) is 0. The molecule has 0 N–H and O–H groups in total. The summed E-state index contributed by atoms with van der Waals surface area (Å²) in [6.07, 6.45) is 7.18. The fourth-order valence-electron chi connectivity index (χ4n) is 2.40. The summed E-state index contributed by atoms with van der Waals surface area (Å²) in [5.41, 5.74) is 1.48. The lowest BCUT2D eigenvalue weighted by atomic mass is 9.73. The van der Waals surface area contributed by atoms with Gasteiger partial charge in [-0.25, -0.2) is 0 Å². The van der Waals surface area contributed by atoms with Gasteiger partial charge in [0.25, 0.3) is 0 Å². The fraction of sp³-hybridized carbons (Fsp3) is 0.667.